The third-order valence-corrected chi connectivity index (χ3v) is 3.46. The number of ketones is 1. The quantitative estimate of drug-likeness (QED) is 0.589. The molecule has 0 spiro atoms. The van der Waals surface area contributed by atoms with Crippen molar-refractivity contribution in [2.75, 3.05) is 0 Å². The zero-order chi connectivity index (χ0) is 11.0. The lowest BCUT2D eigenvalue weighted by Crippen LogP contribution is -2.06. The SMILES string of the molecule is Cc1ccc(C)c2c1CCC(C)CC2=O. The average Bonchev–Trinajstić information content (AvgIpc) is 2.32. The monoisotopic (exact) mass is 202 g/mol. The zero-order valence-corrected chi connectivity index (χ0v) is 9.76. The smallest absolute Gasteiger partial charge is 0.163 e. The first-order valence-electron chi connectivity index (χ1n) is 5.72. The predicted molar refractivity (Wildman–Crippen MR) is 62.3 cm³/mol. The standard InChI is InChI=1S/C14H18O/c1-9-4-7-12-10(2)5-6-11(3)14(12)13(15)8-9/h5-6,9H,4,7-8H2,1-3H3. The Morgan fingerprint density at radius 3 is 2.60 bits per heavy atom. The van der Waals surface area contributed by atoms with Crippen LogP contribution in [0.1, 0.15) is 46.8 Å². The van der Waals surface area contributed by atoms with Crippen molar-refractivity contribution >= 4 is 5.78 Å². The van der Waals surface area contributed by atoms with Gasteiger partial charge in [-0.25, -0.2) is 0 Å². The second-order valence-electron chi connectivity index (χ2n) is 4.82. The Morgan fingerprint density at radius 2 is 1.87 bits per heavy atom. The summed E-state index contributed by atoms with van der Waals surface area (Å²) in [6, 6.07) is 4.21. The second kappa shape index (κ2) is 3.80. The van der Waals surface area contributed by atoms with Gasteiger partial charge in [-0.3, -0.25) is 4.79 Å². The fourth-order valence-corrected chi connectivity index (χ4v) is 2.49. The lowest BCUT2D eigenvalue weighted by atomic mass is 9.93. The number of hydrogen-bond donors (Lipinski definition) is 0. The summed E-state index contributed by atoms with van der Waals surface area (Å²) in [6.45, 7) is 6.34. The molecule has 1 unspecified atom stereocenters. The van der Waals surface area contributed by atoms with Crippen LogP contribution in [0.25, 0.3) is 0 Å². The molecule has 15 heavy (non-hydrogen) atoms. The highest BCUT2D eigenvalue weighted by Crippen LogP contribution is 2.28. The number of carbonyl (C=O) groups excluding carboxylic acids is 1. The van der Waals surface area contributed by atoms with Gasteiger partial charge in [0.05, 0.1) is 0 Å². The highest BCUT2D eigenvalue weighted by atomic mass is 16.1. The van der Waals surface area contributed by atoms with Gasteiger partial charge in [-0.2, -0.15) is 0 Å². The van der Waals surface area contributed by atoms with Gasteiger partial charge in [0, 0.05) is 12.0 Å². The van der Waals surface area contributed by atoms with Crippen molar-refractivity contribution in [3.63, 3.8) is 0 Å². The summed E-state index contributed by atoms with van der Waals surface area (Å²) < 4.78 is 0. The highest BCUT2D eigenvalue weighted by molar-refractivity contribution is 5.99. The van der Waals surface area contributed by atoms with E-state index in [0.29, 0.717) is 11.7 Å². The molecule has 0 fully saturated rings. The Hall–Kier alpha value is -1.11. The van der Waals surface area contributed by atoms with Crippen molar-refractivity contribution in [1.82, 2.24) is 0 Å². The van der Waals surface area contributed by atoms with Crippen molar-refractivity contribution in [1.29, 1.82) is 0 Å². The van der Waals surface area contributed by atoms with Crippen LogP contribution < -0.4 is 0 Å². The fraction of sp³-hybridized carbons (Fsp3) is 0.500. The Kier molecular flexibility index (Phi) is 2.64. The fourth-order valence-electron chi connectivity index (χ4n) is 2.49. The van der Waals surface area contributed by atoms with Gasteiger partial charge in [0.2, 0.25) is 0 Å². The molecule has 0 aromatic heterocycles. The van der Waals surface area contributed by atoms with E-state index in [-0.39, 0.29) is 0 Å². The molecule has 0 N–H and O–H groups in total. The molecular formula is C14H18O. The molecular weight excluding hydrogens is 184 g/mol. The minimum atomic E-state index is 0.344. The number of fused-ring (bicyclic) bond motifs is 1. The van der Waals surface area contributed by atoms with Crippen molar-refractivity contribution in [2.24, 2.45) is 5.92 Å². The third kappa shape index (κ3) is 1.83. The molecule has 0 aliphatic heterocycles. The van der Waals surface area contributed by atoms with Crippen molar-refractivity contribution in [3.05, 3.63) is 34.4 Å². The molecule has 80 valence electrons. The third-order valence-electron chi connectivity index (χ3n) is 3.46. The summed E-state index contributed by atoms with van der Waals surface area (Å²) in [6.07, 6.45) is 2.93. The summed E-state index contributed by atoms with van der Waals surface area (Å²) in [4.78, 5) is 12.1. The summed E-state index contributed by atoms with van der Waals surface area (Å²) in [5, 5.41) is 0. The van der Waals surface area contributed by atoms with Crippen LogP contribution in [0, 0.1) is 19.8 Å². The number of Topliss-reactive ketones (excluding diaryl/α,β-unsaturated/α-hetero) is 1. The normalized spacial score (nSPS) is 21.0. The Morgan fingerprint density at radius 1 is 1.20 bits per heavy atom. The van der Waals surface area contributed by atoms with Crippen LogP contribution in [0.4, 0.5) is 0 Å². The number of carbonyl (C=O) groups is 1. The molecule has 1 aromatic rings. The van der Waals surface area contributed by atoms with E-state index in [1.54, 1.807) is 0 Å². The van der Waals surface area contributed by atoms with Gasteiger partial charge in [0.1, 0.15) is 0 Å². The minimum Gasteiger partial charge on any atom is -0.294 e. The van der Waals surface area contributed by atoms with Crippen LogP contribution >= 0.6 is 0 Å². The van der Waals surface area contributed by atoms with Gasteiger partial charge in [0.15, 0.2) is 5.78 Å². The minimum absolute atomic E-state index is 0.344. The van der Waals surface area contributed by atoms with E-state index < -0.39 is 0 Å². The first kappa shape index (κ1) is 10.4. The Bertz CT molecular complexity index is 404. The first-order valence-corrected chi connectivity index (χ1v) is 5.72. The van der Waals surface area contributed by atoms with Crippen LogP contribution in [-0.4, -0.2) is 5.78 Å². The van der Waals surface area contributed by atoms with Crippen LogP contribution in [0.15, 0.2) is 12.1 Å². The maximum Gasteiger partial charge on any atom is 0.163 e. The summed E-state index contributed by atoms with van der Waals surface area (Å²) in [5.74, 6) is 0.875. The van der Waals surface area contributed by atoms with Crippen LogP contribution in [0.3, 0.4) is 0 Å². The van der Waals surface area contributed by atoms with E-state index in [1.807, 2.05) is 6.92 Å². The van der Waals surface area contributed by atoms with Gasteiger partial charge in [0.25, 0.3) is 0 Å². The maximum atomic E-state index is 12.1. The molecule has 0 radical (unpaired) electrons. The van der Waals surface area contributed by atoms with Gasteiger partial charge < -0.3 is 0 Å². The zero-order valence-electron chi connectivity index (χ0n) is 9.76. The molecule has 1 aliphatic rings. The highest BCUT2D eigenvalue weighted by Gasteiger charge is 2.22. The molecule has 2 rings (SSSR count). The first-order chi connectivity index (χ1) is 7.09. The molecule has 0 saturated carbocycles. The van der Waals surface area contributed by atoms with E-state index in [9.17, 15) is 4.79 Å². The van der Waals surface area contributed by atoms with Crippen LogP contribution in [-0.2, 0) is 6.42 Å². The van der Waals surface area contributed by atoms with Gasteiger partial charge >= 0.3 is 0 Å². The van der Waals surface area contributed by atoms with Gasteiger partial charge in [-0.1, -0.05) is 19.1 Å². The van der Waals surface area contributed by atoms with E-state index in [2.05, 4.69) is 26.0 Å². The average molecular weight is 202 g/mol. The van der Waals surface area contributed by atoms with Gasteiger partial charge in [-0.15, -0.1) is 0 Å². The number of hydrogen-bond acceptors (Lipinski definition) is 1. The summed E-state index contributed by atoms with van der Waals surface area (Å²) in [7, 11) is 0. The Labute approximate surface area is 91.5 Å². The molecule has 1 nitrogen and oxygen atoms in total. The van der Waals surface area contributed by atoms with E-state index in [4.69, 9.17) is 0 Å². The van der Waals surface area contributed by atoms with Crippen molar-refractivity contribution in [3.8, 4) is 0 Å². The molecule has 0 amide bonds. The molecule has 0 heterocycles. The summed E-state index contributed by atoms with van der Waals surface area (Å²) in [5.41, 5.74) is 4.73. The lowest BCUT2D eigenvalue weighted by molar-refractivity contribution is 0.0966. The molecule has 0 saturated heterocycles. The number of aryl methyl sites for hydroxylation is 2. The number of benzene rings is 1. The van der Waals surface area contributed by atoms with Gasteiger partial charge in [-0.05, 0) is 49.3 Å². The van der Waals surface area contributed by atoms with E-state index in [1.165, 1.54) is 11.1 Å². The maximum absolute atomic E-state index is 12.1. The van der Waals surface area contributed by atoms with E-state index in [0.717, 1.165) is 30.4 Å². The summed E-state index contributed by atoms with van der Waals surface area (Å²) >= 11 is 0. The largest absolute Gasteiger partial charge is 0.294 e. The van der Waals surface area contributed by atoms with E-state index >= 15 is 0 Å². The van der Waals surface area contributed by atoms with Crippen molar-refractivity contribution < 1.29 is 4.79 Å². The topological polar surface area (TPSA) is 17.1 Å². The van der Waals surface area contributed by atoms with Crippen LogP contribution in [0.5, 0.6) is 0 Å². The molecule has 1 aromatic carbocycles. The second-order valence-corrected chi connectivity index (χ2v) is 4.82. The lowest BCUT2D eigenvalue weighted by Gasteiger charge is -2.10. The van der Waals surface area contributed by atoms with Crippen molar-refractivity contribution in [2.45, 2.75) is 40.0 Å². The predicted octanol–water partition coefficient (Wildman–Crippen LogP) is 3.46. The number of rotatable bonds is 0. The molecule has 1 aliphatic carbocycles. The molecule has 1 heteroatoms. The molecule has 1 atom stereocenters. The Balaban J connectivity index is 2.57. The molecule has 0 bridgehead atoms. The van der Waals surface area contributed by atoms with Crippen LogP contribution in [0.2, 0.25) is 0 Å².